The van der Waals surface area contributed by atoms with Gasteiger partial charge in [0.2, 0.25) is 0 Å². The first kappa shape index (κ1) is 12.4. The van der Waals surface area contributed by atoms with Crippen molar-refractivity contribution in [2.45, 2.75) is 13.8 Å². The molecule has 0 atom stereocenters. The van der Waals surface area contributed by atoms with E-state index in [1.165, 1.54) is 13.8 Å². The van der Waals surface area contributed by atoms with E-state index in [0.717, 1.165) is 0 Å². The molecule has 1 nitrogen and oxygen atoms in total. The Morgan fingerprint density at radius 3 is 1.57 bits per heavy atom. The molecule has 0 radical (unpaired) electrons. The molecule has 0 aliphatic heterocycles. The smallest absolute Gasteiger partial charge is 0.136 e. The number of rotatable bonds is 3. The van der Waals surface area contributed by atoms with Gasteiger partial charge in [-0.1, -0.05) is 127 Å². The molecule has 10 aromatic rings. The van der Waals surface area contributed by atoms with Crippen LogP contribution in [0.25, 0.3) is 98.4 Å². The fourth-order valence-corrected chi connectivity index (χ4v) is 6.20. The van der Waals surface area contributed by atoms with E-state index in [-0.39, 0.29) is 22.3 Å². The van der Waals surface area contributed by atoms with Crippen LogP contribution < -0.4 is 0 Å². The number of hydrogen-bond acceptors (Lipinski definition) is 1. The van der Waals surface area contributed by atoms with Crippen LogP contribution in [0.3, 0.4) is 0 Å². The van der Waals surface area contributed by atoms with Crippen molar-refractivity contribution in [1.29, 1.82) is 0 Å². The van der Waals surface area contributed by atoms with Gasteiger partial charge >= 0.3 is 0 Å². The molecule has 0 saturated carbocycles. The SMILES string of the molecule is [2H]c1c([2H])c(-c2c3c([2H])c([2H])c([2H])c([2H])c3c(-c3c([2H])c([2H])c4oc5c([2H])c6c([2H])c([2H])c([2H])c([2H])c6c([2H])c5c4c3[2H])c3c([2H])c([2H])c([2H])c([2H])c23)c(C)c(C)c1-c1c([2H])c([2H])c2c([2H])c([2H])c([2H])c([2H])c2c1[2H]. The summed E-state index contributed by atoms with van der Waals surface area (Å²) in [5.74, 6) is 0. The van der Waals surface area contributed by atoms with Crippen molar-refractivity contribution in [3.8, 4) is 33.4 Å². The van der Waals surface area contributed by atoms with Crippen molar-refractivity contribution in [1.82, 2.24) is 0 Å². The summed E-state index contributed by atoms with van der Waals surface area (Å²) in [6, 6.07) is -20.3. The fraction of sp³-hybridized carbons (Fsp3) is 0.0417. The minimum absolute atomic E-state index is 0.00926. The van der Waals surface area contributed by atoms with Crippen molar-refractivity contribution in [3.05, 3.63) is 168 Å². The van der Waals surface area contributed by atoms with E-state index in [9.17, 15) is 15.1 Å². The number of furan rings is 1. The second-order valence-electron chi connectivity index (χ2n) is 11.3. The zero-order chi connectivity index (χ0) is 55.3. The van der Waals surface area contributed by atoms with Gasteiger partial charge in [-0.25, -0.2) is 0 Å². The summed E-state index contributed by atoms with van der Waals surface area (Å²) in [6.45, 7) is 2.80. The predicted octanol–water partition coefficient (Wildman–Crippen LogP) is 13.8. The Morgan fingerprint density at radius 1 is 0.367 bits per heavy atom. The highest BCUT2D eigenvalue weighted by molar-refractivity contribution is 6.22. The largest absolute Gasteiger partial charge is 0.456 e. The van der Waals surface area contributed by atoms with Gasteiger partial charge in [-0.15, -0.1) is 0 Å². The van der Waals surface area contributed by atoms with Gasteiger partial charge in [0.1, 0.15) is 11.2 Å². The average molecular weight is 651 g/mol. The summed E-state index contributed by atoms with van der Waals surface area (Å²) in [6.07, 6.45) is 0. The van der Waals surface area contributed by atoms with Gasteiger partial charge in [-0.05, 0) is 132 Å². The van der Waals surface area contributed by atoms with E-state index >= 15 is 0 Å². The van der Waals surface area contributed by atoms with Crippen LogP contribution in [0, 0.1) is 13.8 Å². The Balaban J connectivity index is 1.43. The maximum absolute atomic E-state index is 9.86. The van der Waals surface area contributed by atoms with Crippen LogP contribution in [-0.4, -0.2) is 0 Å². The van der Waals surface area contributed by atoms with Crippen LogP contribution in [0.5, 0.6) is 0 Å². The lowest BCUT2D eigenvalue weighted by molar-refractivity contribution is 0.669. The van der Waals surface area contributed by atoms with E-state index in [1.54, 1.807) is 0 Å². The van der Waals surface area contributed by atoms with Gasteiger partial charge in [0.15, 0.2) is 0 Å². The normalized spacial score (nSPS) is 19.3. The molecular weight excluding hydrogens is 593 g/mol. The zero-order valence-electron chi connectivity index (χ0n) is 51.4. The van der Waals surface area contributed by atoms with Crippen LogP contribution in [0.15, 0.2) is 162 Å². The molecule has 1 heteroatoms. The highest BCUT2D eigenvalue weighted by Crippen LogP contribution is 2.46. The fourth-order valence-electron chi connectivity index (χ4n) is 6.20. The van der Waals surface area contributed by atoms with E-state index in [2.05, 4.69) is 0 Å². The molecule has 0 saturated heterocycles. The van der Waals surface area contributed by atoms with Crippen LogP contribution in [0.1, 0.15) is 46.8 Å². The molecule has 49 heavy (non-hydrogen) atoms. The summed E-state index contributed by atoms with van der Waals surface area (Å²) >= 11 is 0. The topological polar surface area (TPSA) is 13.1 Å². The lowest BCUT2D eigenvalue weighted by Gasteiger charge is -2.20. The van der Waals surface area contributed by atoms with E-state index in [4.69, 9.17) is 25.0 Å². The average Bonchev–Trinajstić information content (AvgIpc) is 3.79. The summed E-state index contributed by atoms with van der Waals surface area (Å²) < 4.78 is 241. The van der Waals surface area contributed by atoms with Crippen molar-refractivity contribution in [2.24, 2.45) is 0 Å². The van der Waals surface area contributed by atoms with Crippen molar-refractivity contribution in [2.75, 3.05) is 0 Å². The van der Waals surface area contributed by atoms with E-state index in [1.807, 2.05) is 0 Å². The van der Waals surface area contributed by atoms with Crippen molar-refractivity contribution >= 4 is 65.0 Å². The molecular formula is C48H32O. The van der Waals surface area contributed by atoms with Crippen LogP contribution in [0.4, 0.5) is 0 Å². The molecule has 0 aliphatic rings. The van der Waals surface area contributed by atoms with Gasteiger partial charge in [0.25, 0.3) is 0 Å². The van der Waals surface area contributed by atoms with Gasteiger partial charge in [-0.2, -0.15) is 0 Å². The van der Waals surface area contributed by atoms with Gasteiger partial charge in [0.05, 0.1) is 35.6 Å². The number of benzene rings is 9. The Kier molecular flexibility index (Phi) is 2.69. The number of hydrogen-bond donors (Lipinski definition) is 0. The Morgan fingerprint density at radius 2 is 0.878 bits per heavy atom. The first-order valence-corrected chi connectivity index (χ1v) is 14.9. The van der Waals surface area contributed by atoms with Gasteiger partial charge in [-0.3, -0.25) is 0 Å². The van der Waals surface area contributed by atoms with Gasteiger partial charge < -0.3 is 4.42 Å². The quantitative estimate of drug-likeness (QED) is 0.173. The predicted molar refractivity (Wildman–Crippen MR) is 210 cm³/mol. The Hall–Kier alpha value is -6.18. The molecule has 1 heterocycles. The standard InChI is InChI=1S/C48H32O/c1-29-30(2)38(23-22-37(29)35-20-19-31-11-3-4-12-32(31)25-35)48-41-17-9-7-15-39(41)47(40-16-8-10-18-42(40)48)36-21-24-45-43(27-36)44-26-33-13-5-6-14-34(33)28-46(44)49-45/h3-28H,1-2H3/i3D,4D,5D,6D,7D,8D,9D,10D,11D,12D,13D,14D,15D,16D,17D,18D,19D,20D,21D,22D,23D,24D,25D,26D,27D,28D. The van der Waals surface area contributed by atoms with Crippen molar-refractivity contribution < 1.29 is 40.1 Å². The molecule has 230 valence electrons. The van der Waals surface area contributed by atoms with Crippen LogP contribution in [0.2, 0.25) is 0 Å². The Bertz CT molecular complexity index is 4330. The maximum Gasteiger partial charge on any atom is 0.136 e. The van der Waals surface area contributed by atoms with E-state index in [0.29, 0.717) is 0 Å². The minimum Gasteiger partial charge on any atom is -0.456 e. The Labute approximate surface area is 321 Å². The summed E-state index contributed by atoms with van der Waals surface area (Å²) in [5, 5.41) is -4.89. The molecule has 0 spiro atoms. The highest BCUT2D eigenvalue weighted by atomic mass is 16.3. The van der Waals surface area contributed by atoms with Gasteiger partial charge in [0, 0.05) is 10.8 Å². The molecule has 0 amide bonds. The maximum atomic E-state index is 9.86. The monoisotopic (exact) mass is 650 g/mol. The molecule has 0 bridgehead atoms. The second kappa shape index (κ2) is 10.7. The lowest BCUT2D eigenvalue weighted by Crippen LogP contribution is -1.95. The summed E-state index contributed by atoms with van der Waals surface area (Å²) in [7, 11) is 0. The summed E-state index contributed by atoms with van der Waals surface area (Å²) in [5.41, 5.74) is -3.93. The first-order chi connectivity index (χ1) is 35.0. The third-order valence-electron chi connectivity index (χ3n) is 8.64. The third kappa shape index (κ3) is 4.26. The highest BCUT2D eigenvalue weighted by Gasteiger charge is 2.20. The molecule has 1 aromatic heterocycles. The minimum atomic E-state index is -0.909. The second-order valence-corrected chi connectivity index (χ2v) is 11.3. The number of fused-ring (bicyclic) bond motifs is 7. The first-order valence-electron chi connectivity index (χ1n) is 27.9. The van der Waals surface area contributed by atoms with E-state index < -0.39 is 244 Å². The van der Waals surface area contributed by atoms with Crippen LogP contribution >= 0.6 is 0 Å². The molecule has 9 aromatic carbocycles. The zero-order valence-corrected chi connectivity index (χ0v) is 25.4. The molecule has 0 fully saturated rings. The summed E-state index contributed by atoms with van der Waals surface area (Å²) in [4.78, 5) is 0. The molecule has 10 rings (SSSR count). The van der Waals surface area contributed by atoms with Crippen molar-refractivity contribution in [3.63, 3.8) is 0 Å². The van der Waals surface area contributed by atoms with Crippen LogP contribution in [-0.2, 0) is 0 Å². The molecule has 0 aliphatic carbocycles. The molecule has 0 unspecified atom stereocenters. The third-order valence-corrected chi connectivity index (χ3v) is 8.64. The molecule has 0 N–H and O–H groups in total. The lowest BCUT2D eigenvalue weighted by atomic mass is 9.83.